The maximum absolute atomic E-state index is 12.0. The lowest BCUT2D eigenvalue weighted by Crippen LogP contribution is -2.31. The number of ether oxygens (including phenoxy) is 2. The van der Waals surface area contributed by atoms with Crippen molar-refractivity contribution in [1.29, 1.82) is 0 Å². The monoisotopic (exact) mass is 341 g/mol. The average molecular weight is 341 g/mol. The first-order valence-electron chi connectivity index (χ1n) is 8.23. The molecule has 0 aromatic heterocycles. The first-order chi connectivity index (χ1) is 12.0. The molecule has 0 heterocycles. The Morgan fingerprint density at radius 3 is 2.24 bits per heavy atom. The van der Waals surface area contributed by atoms with Gasteiger partial charge in [-0.2, -0.15) is 0 Å². The van der Waals surface area contributed by atoms with Crippen LogP contribution in [0.2, 0.25) is 0 Å². The Hall–Kier alpha value is -2.82. The second-order valence-electron chi connectivity index (χ2n) is 5.69. The molecule has 0 saturated heterocycles. The van der Waals surface area contributed by atoms with Crippen LogP contribution in [-0.4, -0.2) is 25.6 Å². The van der Waals surface area contributed by atoms with E-state index in [1.165, 1.54) is 0 Å². The first-order valence-corrected chi connectivity index (χ1v) is 8.23. The third-order valence-corrected chi connectivity index (χ3v) is 3.93. The lowest BCUT2D eigenvalue weighted by atomic mass is 10.1. The van der Waals surface area contributed by atoms with E-state index in [1.807, 2.05) is 50.2 Å². The summed E-state index contributed by atoms with van der Waals surface area (Å²) in [5.41, 5.74) is 2.52. The molecular weight excluding hydrogens is 318 g/mol. The minimum absolute atomic E-state index is 0.194. The summed E-state index contributed by atoms with van der Waals surface area (Å²) >= 11 is 0. The van der Waals surface area contributed by atoms with Gasteiger partial charge in [-0.1, -0.05) is 31.2 Å². The largest absolute Gasteiger partial charge is 0.497 e. The lowest BCUT2D eigenvalue weighted by molar-refractivity contribution is -0.124. The summed E-state index contributed by atoms with van der Waals surface area (Å²) in [5, 5.41) is 2.80. The molecule has 5 nitrogen and oxygen atoms in total. The number of methoxy groups -OCH3 is 1. The molecule has 0 fully saturated rings. The zero-order chi connectivity index (χ0) is 18.2. The molecule has 2 rings (SSSR count). The number of carbonyl (C=O) groups is 2. The fraction of sp³-hybridized carbons (Fsp3) is 0.300. The van der Waals surface area contributed by atoms with Crippen LogP contribution in [0.3, 0.4) is 0 Å². The predicted molar refractivity (Wildman–Crippen MR) is 95.7 cm³/mol. The fourth-order valence-corrected chi connectivity index (χ4v) is 2.35. The number of amides is 1. The molecular formula is C20H23NO4. The molecule has 0 bridgehead atoms. The molecule has 2 aromatic rings. The number of rotatable bonds is 7. The van der Waals surface area contributed by atoms with E-state index in [4.69, 9.17) is 9.47 Å². The van der Waals surface area contributed by atoms with Crippen molar-refractivity contribution in [3.8, 4) is 5.75 Å². The third-order valence-electron chi connectivity index (χ3n) is 3.93. The van der Waals surface area contributed by atoms with Crippen LogP contribution in [0.25, 0.3) is 0 Å². The van der Waals surface area contributed by atoms with Crippen molar-refractivity contribution >= 4 is 11.9 Å². The van der Waals surface area contributed by atoms with Crippen LogP contribution < -0.4 is 10.1 Å². The maximum Gasteiger partial charge on any atom is 0.338 e. The van der Waals surface area contributed by atoms with E-state index in [0.717, 1.165) is 23.3 Å². The standard InChI is InChI=1S/C20H23NO4/c1-4-15-5-7-17(8-6-15)20(23)25-13-19(22)21-14(2)16-9-11-18(24-3)12-10-16/h5-12,14H,4,13H2,1-3H3,(H,21,22)/t14-/m0/s1. The van der Waals surface area contributed by atoms with Crippen molar-refractivity contribution in [3.63, 3.8) is 0 Å². The van der Waals surface area contributed by atoms with Crippen molar-refractivity contribution in [2.45, 2.75) is 26.3 Å². The molecule has 0 spiro atoms. The van der Waals surface area contributed by atoms with Crippen LogP contribution in [0.15, 0.2) is 48.5 Å². The van der Waals surface area contributed by atoms with Gasteiger partial charge in [0.25, 0.3) is 5.91 Å². The minimum Gasteiger partial charge on any atom is -0.497 e. The predicted octanol–water partition coefficient (Wildman–Crippen LogP) is 3.29. The molecule has 0 aliphatic heterocycles. The molecule has 1 N–H and O–H groups in total. The van der Waals surface area contributed by atoms with E-state index < -0.39 is 5.97 Å². The highest BCUT2D eigenvalue weighted by Crippen LogP contribution is 2.17. The molecule has 1 amide bonds. The Labute approximate surface area is 148 Å². The molecule has 0 radical (unpaired) electrons. The quantitative estimate of drug-likeness (QED) is 0.785. The van der Waals surface area contributed by atoms with E-state index >= 15 is 0 Å². The van der Waals surface area contributed by atoms with Crippen LogP contribution >= 0.6 is 0 Å². The lowest BCUT2D eigenvalue weighted by Gasteiger charge is -2.15. The van der Waals surface area contributed by atoms with Crippen LogP contribution in [0.1, 0.15) is 41.4 Å². The van der Waals surface area contributed by atoms with Crippen molar-refractivity contribution in [1.82, 2.24) is 5.32 Å². The highest BCUT2D eigenvalue weighted by Gasteiger charge is 2.13. The first kappa shape index (κ1) is 18.5. The molecule has 5 heteroatoms. The van der Waals surface area contributed by atoms with E-state index in [0.29, 0.717) is 5.56 Å². The molecule has 25 heavy (non-hydrogen) atoms. The molecule has 0 saturated carbocycles. The summed E-state index contributed by atoms with van der Waals surface area (Å²) in [6.45, 7) is 3.60. The molecule has 0 aliphatic carbocycles. The van der Waals surface area contributed by atoms with Gasteiger partial charge in [0.1, 0.15) is 5.75 Å². The second-order valence-corrected chi connectivity index (χ2v) is 5.69. The molecule has 2 aromatic carbocycles. The summed E-state index contributed by atoms with van der Waals surface area (Å²) in [7, 11) is 1.60. The number of hydrogen-bond donors (Lipinski definition) is 1. The molecule has 1 atom stereocenters. The normalized spacial score (nSPS) is 11.5. The average Bonchev–Trinajstić information content (AvgIpc) is 2.66. The Kier molecular flexibility index (Phi) is 6.57. The van der Waals surface area contributed by atoms with Gasteiger partial charge in [0.15, 0.2) is 6.61 Å². The van der Waals surface area contributed by atoms with Crippen molar-refractivity contribution in [2.24, 2.45) is 0 Å². The minimum atomic E-state index is -0.505. The maximum atomic E-state index is 12.0. The number of carbonyl (C=O) groups excluding carboxylic acids is 2. The molecule has 0 aliphatic rings. The fourth-order valence-electron chi connectivity index (χ4n) is 2.35. The Morgan fingerprint density at radius 1 is 1.04 bits per heavy atom. The number of hydrogen-bond acceptors (Lipinski definition) is 4. The highest BCUT2D eigenvalue weighted by atomic mass is 16.5. The van der Waals surface area contributed by atoms with Crippen LogP contribution in [0, 0.1) is 0 Å². The number of aryl methyl sites for hydroxylation is 1. The van der Waals surface area contributed by atoms with Crippen LogP contribution in [0.4, 0.5) is 0 Å². The van der Waals surface area contributed by atoms with Gasteiger partial charge >= 0.3 is 5.97 Å². The van der Waals surface area contributed by atoms with Crippen LogP contribution in [-0.2, 0) is 16.0 Å². The van der Waals surface area contributed by atoms with Gasteiger partial charge in [-0.25, -0.2) is 4.79 Å². The summed E-state index contributed by atoms with van der Waals surface area (Å²) in [6.07, 6.45) is 0.904. The zero-order valence-corrected chi connectivity index (χ0v) is 14.7. The van der Waals surface area contributed by atoms with Gasteiger partial charge in [0, 0.05) is 0 Å². The summed E-state index contributed by atoms with van der Waals surface area (Å²) in [4.78, 5) is 23.9. The second kappa shape index (κ2) is 8.87. The van der Waals surface area contributed by atoms with Gasteiger partial charge in [0.05, 0.1) is 18.7 Å². The summed E-state index contributed by atoms with van der Waals surface area (Å²) < 4.78 is 10.2. The topological polar surface area (TPSA) is 64.6 Å². The molecule has 132 valence electrons. The number of nitrogens with one attached hydrogen (secondary N) is 1. The van der Waals surface area contributed by atoms with Crippen molar-refractivity contribution < 1.29 is 19.1 Å². The smallest absolute Gasteiger partial charge is 0.338 e. The van der Waals surface area contributed by atoms with Crippen molar-refractivity contribution in [3.05, 3.63) is 65.2 Å². The van der Waals surface area contributed by atoms with E-state index in [-0.39, 0.29) is 18.6 Å². The van der Waals surface area contributed by atoms with Gasteiger partial charge in [-0.05, 0) is 48.7 Å². The number of esters is 1. The molecule has 0 unspecified atom stereocenters. The van der Waals surface area contributed by atoms with Gasteiger partial charge < -0.3 is 14.8 Å². The summed E-state index contributed by atoms with van der Waals surface area (Å²) in [5.74, 6) is -0.0953. The third kappa shape index (κ3) is 5.35. The van der Waals surface area contributed by atoms with Gasteiger partial charge in [-0.3, -0.25) is 4.79 Å². The van der Waals surface area contributed by atoms with E-state index in [1.54, 1.807) is 19.2 Å². The SMILES string of the molecule is CCc1ccc(C(=O)OCC(=O)N[C@@H](C)c2ccc(OC)cc2)cc1. The Morgan fingerprint density at radius 2 is 1.68 bits per heavy atom. The number of benzene rings is 2. The summed E-state index contributed by atoms with van der Waals surface area (Å²) in [6, 6.07) is 14.4. The zero-order valence-electron chi connectivity index (χ0n) is 14.7. The van der Waals surface area contributed by atoms with Crippen LogP contribution in [0.5, 0.6) is 5.75 Å². The van der Waals surface area contributed by atoms with Gasteiger partial charge in [0.2, 0.25) is 0 Å². The van der Waals surface area contributed by atoms with Gasteiger partial charge in [-0.15, -0.1) is 0 Å². The Bertz CT molecular complexity index is 707. The Balaban J connectivity index is 1.83. The highest BCUT2D eigenvalue weighted by molar-refractivity contribution is 5.91. The van der Waals surface area contributed by atoms with Crippen molar-refractivity contribution in [2.75, 3.05) is 13.7 Å². The van der Waals surface area contributed by atoms with E-state index in [9.17, 15) is 9.59 Å². The van der Waals surface area contributed by atoms with E-state index in [2.05, 4.69) is 5.32 Å².